The maximum absolute atomic E-state index is 13.0. The Hall–Kier alpha value is -4.14. The molecule has 0 fully saturated rings. The van der Waals surface area contributed by atoms with Crippen molar-refractivity contribution in [2.75, 3.05) is 11.9 Å². The van der Waals surface area contributed by atoms with Crippen molar-refractivity contribution in [1.29, 1.82) is 0 Å². The predicted octanol–water partition coefficient (Wildman–Crippen LogP) is 2.43. The smallest absolute Gasteiger partial charge is 0.255 e. The van der Waals surface area contributed by atoms with Crippen LogP contribution in [0, 0.1) is 0 Å². The Kier molecular flexibility index (Phi) is 4.79. The molecule has 4 aromatic rings. The first kappa shape index (κ1) is 19.5. The highest BCUT2D eigenvalue weighted by atomic mass is 16.2. The molecule has 0 saturated heterocycles. The molecular weight excluding hydrogens is 416 g/mol. The topological polar surface area (TPSA) is 113 Å². The van der Waals surface area contributed by atoms with Crippen molar-refractivity contribution in [3.63, 3.8) is 0 Å². The van der Waals surface area contributed by atoms with E-state index < -0.39 is 0 Å². The van der Waals surface area contributed by atoms with Crippen molar-refractivity contribution in [2.24, 2.45) is 0 Å². The standard InChI is InChI=1S/C24H22N8O/c33-23(17-5-6-21(25-11-17)22-13-27-31-30-22)32-8-7-20-18(14-32)12-26-24(29-20)28-19-9-15-3-1-2-4-16(15)10-19/h1-6,11-13,19H,7-10,14H2,(H,26,28,29)(H,27,30,31). The summed E-state index contributed by atoms with van der Waals surface area (Å²) < 4.78 is 0. The molecule has 0 atom stereocenters. The normalized spacial score (nSPS) is 15.2. The number of hydrogen-bond donors (Lipinski definition) is 2. The summed E-state index contributed by atoms with van der Waals surface area (Å²) in [7, 11) is 0. The third kappa shape index (κ3) is 3.82. The third-order valence-electron chi connectivity index (χ3n) is 6.29. The molecule has 0 bridgehead atoms. The van der Waals surface area contributed by atoms with Gasteiger partial charge in [-0.25, -0.2) is 9.97 Å². The molecule has 1 aliphatic heterocycles. The first-order valence-electron chi connectivity index (χ1n) is 11.0. The lowest BCUT2D eigenvalue weighted by atomic mass is 10.1. The van der Waals surface area contributed by atoms with Gasteiger partial charge in [0, 0.05) is 43.5 Å². The molecule has 1 aliphatic carbocycles. The Balaban J connectivity index is 1.12. The Morgan fingerprint density at radius 3 is 2.58 bits per heavy atom. The van der Waals surface area contributed by atoms with E-state index in [0.717, 1.165) is 24.1 Å². The van der Waals surface area contributed by atoms with Gasteiger partial charge in [0.2, 0.25) is 5.95 Å². The minimum Gasteiger partial charge on any atom is -0.351 e. The molecule has 0 radical (unpaired) electrons. The van der Waals surface area contributed by atoms with Gasteiger partial charge in [0.05, 0.1) is 23.1 Å². The zero-order valence-corrected chi connectivity index (χ0v) is 17.9. The second-order valence-corrected chi connectivity index (χ2v) is 8.45. The van der Waals surface area contributed by atoms with E-state index in [4.69, 9.17) is 4.98 Å². The molecule has 0 unspecified atom stereocenters. The first-order valence-corrected chi connectivity index (χ1v) is 11.0. The molecule has 6 rings (SSSR count). The highest BCUT2D eigenvalue weighted by molar-refractivity contribution is 5.94. The zero-order chi connectivity index (χ0) is 22.2. The van der Waals surface area contributed by atoms with E-state index in [0.29, 0.717) is 48.5 Å². The maximum Gasteiger partial charge on any atom is 0.255 e. The number of hydrogen-bond acceptors (Lipinski definition) is 7. The van der Waals surface area contributed by atoms with Crippen LogP contribution < -0.4 is 5.32 Å². The zero-order valence-electron chi connectivity index (χ0n) is 17.9. The lowest BCUT2D eigenvalue weighted by Gasteiger charge is -2.28. The van der Waals surface area contributed by atoms with E-state index in [2.05, 4.69) is 55.0 Å². The van der Waals surface area contributed by atoms with Gasteiger partial charge < -0.3 is 10.2 Å². The molecule has 1 amide bonds. The fraction of sp³-hybridized carbons (Fsp3) is 0.250. The molecule has 0 spiro atoms. The number of nitrogens with one attached hydrogen (secondary N) is 2. The van der Waals surface area contributed by atoms with Gasteiger partial charge in [-0.15, -0.1) is 5.10 Å². The van der Waals surface area contributed by atoms with Crippen molar-refractivity contribution in [3.05, 3.63) is 82.9 Å². The Morgan fingerprint density at radius 1 is 1.00 bits per heavy atom. The number of H-pyrrole nitrogens is 1. The van der Waals surface area contributed by atoms with Gasteiger partial charge in [-0.05, 0) is 36.1 Å². The average Bonchev–Trinajstić information content (AvgIpc) is 3.53. The number of anilines is 1. The largest absolute Gasteiger partial charge is 0.351 e. The lowest BCUT2D eigenvalue weighted by Crippen LogP contribution is -2.36. The summed E-state index contributed by atoms with van der Waals surface area (Å²) in [6.07, 6.45) is 7.78. The first-order chi connectivity index (χ1) is 16.2. The van der Waals surface area contributed by atoms with Crippen LogP contribution in [-0.2, 0) is 25.8 Å². The minimum atomic E-state index is -0.0502. The summed E-state index contributed by atoms with van der Waals surface area (Å²) in [6.45, 7) is 1.11. The van der Waals surface area contributed by atoms with E-state index in [1.807, 2.05) is 11.1 Å². The molecular formula is C24H22N8O. The van der Waals surface area contributed by atoms with Gasteiger partial charge >= 0.3 is 0 Å². The monoisotopic (exact) mass is 438 g/mol. The summed E-state index contributed by atoms with van der Waals surface area (Å²) in [4.78, 5) is 28.5. The van der Waals surface area contributed by atoms with Crippen LogP contribution in [0.2, 0.25) is 0 Å². The number of pyridine rings is 1. The number of carbonyl (C=O) groups excluding carboxylic acids is 1. The van der Waals surface area contributed by atoms with Crippen molar-refractivity contribution in [2.45, 2.75) is 31.8 Å². The summed E-state index contributed by atoms with van der Waals surface area (Å²) in [6, 6.07) is 12.4. The van der Waals surface area contributed by atoms with Crippen molar-refractivity contribution in [3.8, 4) is 11.4 Å². The van der Waals surface area contributed by atoms with Crippen LogP contribution in [-0.4, -0.2) is 53.8 Å². The number of benzene rings is 1. The molecule has 1 aromatic carbocycles. The second kappa shape index (κ2) is 8.09. The summed E-state index contributed by atoms with van der Waals surface area (Å²) in [5.41, 5.74) is 6.64. The number of aromatic nitrogens is 6. The molecule has 9 heteroatoms. The number of rotatable bonds is 4. The van der Waals surface area contributed by atoms with Crippen LogP contribution >= 0.6 is 0 Å². The fourth-order valence-electron chi connectivity index (χ4n) is 4.58. The van der Waals surface area contributed by atoms with Gasteiger partial charge in [-0.3, -0.25) is 14.9 Å². The van der Waals surface area contributed by atoms with Gasteiger partial charge in [-0.1, -0.05) is 29.5 Å². The second-order valence-electron chi connectivity index (χ2n) is 8.45. The van der Waals surface area contributed by atoms with E-state index in [1.165, 1.54) is 11.1 Å². The SMILES string of the molecule is O=C(c1ccc(-c2c[nH]nn2)nc1)N1CCc2nc(NC3Cc4ccccc4C3)ncc2C1. The average molecular weight is 438 g/mol. The maximum atomic E-state index is 13.0. The summed E-state index contributed by atoms with van der Waals surface area (Å²) in [5, 5.41) is 13.8. The number of nitrogens with zero attached hydrogens (tertiary/aromatic N) is 6. The van der Waals surface area contributed by atoms with Crippen LogP contribution in [0.15, 0.2) is 55.0 Å². The van der Waals surface area contributed by atoms with E-state index in [1.54, 1.807) is 24.5 Å². The molecule has 33 heavy (non-hydrogen) atoms. The molecule has 9 nitrogen and oxygen atoms in total. The van der Waals surface area contributed by atoms with Gasteiger partial charge in [-0.2, -0.15) is 0 Å². The highest BCUT2D eigenvalue weighted by Crippen LogP contribution is 2.25. The molecule has 3 aromatic heterocycles. The van der Waals surface area contributed by atoms with Crippen LogP contribution in [0.4, 0.5) is 5.95 Å². The van der Waals surface area contributed by atoms with E-state index in [9.17, 15) is 4.79 Å². The van der Waals surface area contributed by atoms with E-state index in [-0.39, 0.29) is 5.91 Å². The minimum absolute atomic E-state index is 0.0502. The quantitative estimate of drug-likeness (QED) is 0.503. The van der Waals surface area contributed by atoms with Crippen molar-refractivity contribution in [1.82, 2.24) is 35.3 Å². The fourth-order valence-corrected chi connectivity index (χ4v) is 4.58. The van der Waals surface area contributed by atoms with Crippen molar-refractivity contribution < 1.29 is 4.79 Å². The Labute approximate surface area is 190 Å². The molecule has 0 saturated carbocycles. The number of aromatic amines is 1. The Morgan fingerprint density at radius 2 is 1.85 bits per heavy atom. The summed E-state index contributed by atoms with van der Waals surface area (Å²) in [5.74, 6) is 0.616. The number of amides is 1. The third-order valence-corrected chi connectivity index (χ3v) is 6.29. The van der Waals surface area contributed by atoms with Crippen molar-refractivity contribution >= 4 is 11.9 Å². The molecule has 2 N–H and O–H groups in total. The highest BCUT2D eigenvalue weighted by Gasteiger charge is 2.25. The predicted molar refractivity (Wildman–Crippen MR) is 121 cm³/mol. The van der Waals surface area contributed by atoms with Crippen LogP contribution in [0.5, 0.6) is 0 Å². The van der Waals surface area contributed by atoms with Crippen LogP contribution in [0.3, 0.4) is 0 Å². The molecule has 4 heterocycles. The molecule has 164 valence electrons. The number of fused-ring (bicyclic) bond motifs is 2. The summed E-state index contributed by atoms with van der Waals surface area (Å²) >= 11 is 0. The van der Waals surface area contributed by atoms with E-state index >= 15 is 0 Å². The van der Waals surface area contributed by atoms with Gasteiger partial charge in [0.15, 0.2) is 0 Å². The molecule has 2 aliphatic rings. The number of carbonyl (C=O) groups is 1. The van der Waals surface area contributed by atoms with Gasteiger partial charge in [0.25, 0.3) is 5.91 Å². The Bertz CT molecular complexity index is 1280. The van der Waals surface area contributed by atoms with Gasteiger partial charge in [0.1, 0.15) is 5.69 Å². The lowest BCUT2D eigenvalue weighted by molar-refractivity contribution is 0.0733. The van der Waals surface area contributed by atoms with Crippen LogP contribution in [0.1, 0.15) is 32.7 Å². The van der Waals surface area contributed by atoms with Crippen LogP contribution in [0.25, 0.3) is 11.4 Å².